The third-order valence-corrected chi connectivity index (χ3v) is 3.96. The normalized spacial score (nSPS) is 13.8. The standard InChI is InChI=1S/C17H19N3S/c1-13-4-6-15(7-5-13)19-17(21)20(16-8-9-16)12-14-3-2-10-18-11-14/h2-7,10-11,16H,8-9,12H2,1H3,(H,19,21). The number of benzene rings is 1. The fourth-order valence-electron chi connectivity index (χ4n) is 2.27. The predicted molar refractivity (Wildman–Crippen MR) is 90.2 cm³/mol. The molecule has 21 heavy (non-hydrogen) atoms. The number of aromatic nitrogens is 1. The van der Waals surface area contributed by atoms with Crippen LogP contribution in [0.3, 0.4) is 0 Å². The van der Waals surface area contributed by atoms with Gasteiger partial charge in [0.2, 0.25) is 0 Å². The van der Waals surface area contributed by atoms with Crippen molar-refractivity contribution in [3.8, 4) is 0 Å². The largest absolute Gasteiger partial charge is 0.342 e. The predicted octanol–water partition coefficient (Wildman–Crippen LogP) is 3.75. The summed E-state index contributed by atoms with van der Waals surface area (Å²) in [5.74, 6) is 0. The molecule has 3 nitrogen and oxygen atoms in total. The summed E-state index contributed by atoms with van der Waals surface area (Å²) < 4.78 is 0. The molecular weight excluding hydrogens is 278 g/mol. The van der Waals surface area contributed by atoms with Gasteiger partial charge >= 0.3 is 0 Å². The van der Waals surface area contributed by atoms with Crippen LogP contribution in [0.25, 0.3) is 0 Å². The molecule has 0 spiro atoms. The minimum Gasteiger partial charge on any atom is -0.342 e. The number of thiocarbonyl (C=S) groups is 1. The molecule has 1 fully saturated rings. The van der Waals surface area contributed by atoms with Crippen LogP contribution in [-0.4, -0.2) is 21.0 Å². The molecule has 1 heterocycles. The van der Waals surface area contributed by atoms with Gasteiger partial charge in [-0.1, -0.05) is 23.8 Å². The average Bonchev–Trinajstić information content (AvgIpc) is 3.33. The second kappa shape index (κ2) is 6.22. The quantitative estimate of drug-likeness (QED) is 0.870. The Morgan fingerprint density at radius 2 is 2.05 bits per heavy atom. The first-order valence-corrected chi connectivity index (χ1v) is 7.66. The van der Waals surface area contributed by atoms with Crippen LogP contribution in [0.5, 0.6) is 0 Å². The number of anilines is 1. The van der Waals surface area contributed by atoms with Crippen molar-refractivity contribution < 1.29 is 0 Å². The maximum Gasteiger partial charge on any atom is 0.173 e. The van der Waals surface area contributed by atoms with E-state index in [4.69, 9.17) is 12.2 Å². The molecule has 1 N–H and O–H groups in total. The third-order valence-electron chi connectivity index (χ3n) is 3.63. The molecule has 1 aromatic carbocycles. The van der Waals surface area contributed by atoms with E-state index in [0.717, 1.165) is 17.3 Å². The summed E-state index contributed by atoms with van der Waals surface area (Å²) >= 11 is 5.60. The van der Waals surface area contributed by atoms with Crippen molar-refractivity contribution in [3.63, 3.8) is 0 Å². The summed E-state index contributed by atoms with van der Waals surface area (Å²) in [4.78, 5) is 6.45. The molecule has 0 radical (unpaired) electrons. The highest BCUT2D eigenvalue weighted by Gasteiger charge is 2.30. The fourth-order valence-corrected chi connectivity index (χ4v) is 2.60. The molecule has 1 aliphatic rings. The first kappa shape index (κ1) is 14.0. The topological polar surface area (TPSA) is 28.2 Å². The van der Waals surface area contributed by atoms with Crippen LogP contribution in [0, 0.1) is 6.92 Å². The zero-order chi connectivity index (χ0) is 14.7. The van der Waals surface area contributed by atoms with E-state index in [-0.39, 0.29) is 0 Å². The summed E-state index contributed by atoms with van der Waals surface area (Å²) in [5.41, 5.74) is 3.49. The molecule has 108 valence electrons. The van der Waals surface area contributed by atoms with Crippen molar-refractivity contribution in [2.75, 3.05) is 5.32 Å². The van der Waals surface area contributed by atoms with Crippen molar-refractivity contribution in [2.45, 2.75) is 32.4 Å². The maximum atomic E-state index is 5.60. The van der Waals surface area contributed by atoms with Crippen molar-refractivity contribution in [3.05, 3.63) is 59.9 Å². The van der Waals surface area contributed by atoms with Crippen LogP contribution in [0.1, 0.15) is 24.0 Å². The van der Waals surface area contributed by atoms with E-state index < -0.39 is 0 Å². The Labute approximate surface area is 131 Å². The van der Waals surface area contributed by atoms with E-state index in [1.54, 1.807) is 6.20 Å². The lowest BCUT2D eigenvalue weighted by Gasteiger charge is -2.25. The molecule has 3 rings (SSSR count). The number of nitrogens with zero attached hydrogens (tertiary/aromatic N) is 2. The highest BCUT2D eigenvalue weighted by atomic mass is 32.1. The Bertz CT molecular complexity index is 606. The fraction of sp³-hybridized carbons (Fsp3) is 0.294. The summed E-state index contributed by atoms with van der Waals surface area (Å²) in [6.45, 7) is 2.90. The van der Waals surface area contributed by atoms with Crippen molar-refractivity contribution >= 4 is 23.0 Å². The van der Waals surface area contributed by atoms with Crippen LogP contribution in [0.15, 0.2) is 48.8 Å². The second-order valence-electron chi connectivity index (χ2n) is 5.52. The monoisotopic (exact) mass is 297 g/mol. The molecule has 0 amide bonds. The van der Waals surface area contributed by atoms with Crippen LogP contribution >= 0.6 is 12.2 Å². The van der Waals surface area contributed by atoms with Crippen LogP contribution < -0.4 is 5.32 Å². The Morgan fingerprint density at radius 1 is 1.29 bits per heavy atom. The molecule has 1 saturated carbocycles. The maximum absolute atomic E-state index is 5.60. The summed E-state index contributed by atoms with van der Waals surface area (Å²) in [6, 6.07) is 12.9. The van der Waals surface area contributed by atoms with Crippen molar-refractivity contribution in [2.24, 2.45) is 0 Å². The molecule has 1 aromatic heterocycles. The summed E-state index contributed by atoms with van der Waals surface area (Å²) in [7, 11) is 0. The highest BCUT2D eigenvalue weighted by Crippen LogP contribution is 2.29. The molecule has 4 heteroatoms. The van der Waals surface area contributed by atoms with E-state index in [1.807, 2.05) is 12.3 Å². The summed E-state index contributed by atoms with van der Waals surface area (Å²) in [5, 5.41) is 4.14. The van der Waals surface area contributed by atoms with Crippen LogP contribution in [0.4, 0.5) is 5.69 Å². The number of hydrogen-bond donors (Lipinski definition) is 1. The third kappa shape index (κ3) is 3.79. The van der Waals surface area contributed by atoms with Crippen LogP contribution in [0.2, 0.25) is 0 Å². The molecule has 0 aliphatic heterocycles. The van der Waals surface area contributed by atoms with Gasteiger partial charge < -0.3 is 10.2 Å². The lowest BCUT2D eigenvalue weighted by molar-refractivity contribution is 0.409. The molecule has 2 aromatic rings. The number of pyridine rings is 1. The second-order valence-corrected chi connectivity index (χ2v) is 5.90. The van der Waals surface area contributed by atoms with Gasteiger partial charge in [-0.05, 0) is 55.7 Å². The number of nitrogens with one attached hydrogen (secondary N) is 1. The Balaban J connectivity index is 1.69. The van der Waals surface area contributed by atoms with Gasteiger partial charge in [0, 0.05) is 30.7 Å². The van der Waals surface area contributed by atoms with Gasteiger partial charge in [0.1, 0.15) is 0 Å². The first-order chi connectivity index (χ1) is 10.2. The summed E-state index contributed by atoms with van der Waals surface area (Å²) in [6.07, 6.45) is 6.14. The molecule has 0 saturated heterocycles. The number of rotatable bonds is 4. The minimum atomic E-state index is 0.565. The van der Waals surface area contributed by atoms with Gasteiger partial charge in [-0.2, -0.15) is 0 Å². The van der Waals surface area contributed by atoms with E-state index in [9.17, 15) is 0 Å². The average molecular weight is 297 g/mol. The number of aryl methyl sites for hydroxylation is 1. The highest BCUT2D eigenvalue weighted by molar-refractivity contribution is 7.80. The Kier molecular flexibility index (Phi) is 4.15. The van der Waals surface area contributed by atoms with Gasteiger partial charge in [-0.3, -0.25) is 4.98 Å². The minimum absolute atomic E-state index is 0.565. The van der Waals surface area contributed by atoms with Gasteiger partial charge in [0.15, 0.2) is 5.11 Å². The van der Waals surface area contributed by atoms with Gasteiger partial charge in [0.05, 0.1) is 0 Å². The number of hydrogen-bond acceptors (Lipinski definition) is 2. The van der Waals surface area contributed by atoms with E-state index in [0.29, 0.717) is 6.04 Å². The zero-order valence-electron chi connectivity index (χ0n) is 12.1. The molecule has 0 unspecified atom stereocenters. The lowest BCUT2D eigenvalue weighted by Crippen LogP contribution is -2.36. The van der Waals surface area contributed by atoms with Gasteiger partial charge in [-0.15, -0.1) is 0 Å². The molecule has 1 aliphatic carbocycles. The van der Waals surface area contributed by atoms with Gasteiger partial charge in [0.25, 0.3) is 0 Å². The van der Waals surface area contributed by atoms with Crippen LogP contribution in [-0.2, 0) is 6.54 Å². The smallest absolute Gasteiger partial charge is 0.173 e. The van der Waals surface area contributed by atoms with E-state index in [2.05, 4.69) is 52.5 Å². The van der Waals surface area contributed by atoms with E-state index >= 15 is 0 Å². The molecular formula is C17H19N3S. The van der Waals surface area contributed by atoms with Gasteiger partial charge in [-0.25, -0.2) is 0 Å². The SMILES string of the molecule is Cc1ccc(NC(=S)N(Cc2cccnc2)C2CC2)cc1. The Hall–Kier alpha value is -1.94. The first-order valence-electron chi connectivity index (χ1n) is 7.25. The van der Waals surface area contributed by atoms with E-state index in [1.165, 1.54) is 24.0 Å². The van der Waals surface area contributed by atoms with Crippen molar-refractivity contribution in [1.29, 1.82) is 0 Å². The zero-order valence-corrected chi connectivity index (χ0v) is 12.9. The molecule has 0 bridgehead atoms. The Morgan fingerprint density at radius 3 is 2.67 bits per heavy atom. The molecule has 0 atom stereocenters. The lowest BCUT2D eigenvalue weighted by atomic mass is 10.2. The van der Waals surface area contributed by atoms with Crippen molar-refractivity contribution in [1.82, 2.24) is 9.88 Å².